The first-order valence-electron chi connectivity index (χ1n) is 12.3. The molecule has 1 saturated heterocycles. The van der Waals surface area contributed by atoms with Gasteiger partial charge in [0.05, 0.1) is 28.7 Å². The number of benzene rings is 1. The lowest BCUT2D eigenvalue weighted by atomic mass is 9.71. The molecule has 4 heterocycles. The average Bonchev–Trinajstić information content (AvgIpc) is 3.50. The van der Waals surface area contributed by atoms with Crippen molar-refractivity contribution < 1.29 is 27.2 Å². The quantitative estimate of drug-likeness (QED) is 0.478. The number of nitrogens with zero attached hydrogens (tertiary/aromatic N) is 5. The van der Waals surface area contributed by atoms with Gasteiger partial charge in [0, 0.05) is 49.4 Å². The second-order valence-corrected chi connectivity index (χ2v) is 10.9. The van der Waals surface area contributed by atoms with Crippen molar-refractivity contribution in [1.82, 2.24) is 19.7 Å². The highest BCUT2D eigenvalue weighted by atomic mass is 35.5. The predicted octanol–water partition coefficient (Wildman–Crippen LogP) is 3.83. The van der Waals surface area contributed by atoms with Gasteiger partial charge in [0.25, 0.3) is 5.91 Å². The summed E-state index contributed by atoms with van der Waals surface area (Å²) in [6.07, 6.45) is 1.37. The van der Waals surface area contributed by atoms with Crippen molar-refractivity contribution in [3.63, 3.8) is 0 Å². The maximum Gasteiger partial charge on any atom is 0.261 e. The summed E-state index contributed by atoms with van der Waals surface area (Å²) in [5, 5.41) is 6.79. The van der Waals surface area contributed by atoms with E-state index in [2.05, 4.69) is 15.4 Å². The van der Waals surface area contributed by atoms with Gasteiger partial charge in [-0.05, 0) is 19.4 Å². The fraction of sp³-hybridized carbons (Fsp3) is 0.385. The van der Waals surface area contributed by atoms with Crippen LogP contribution < -0.4 is 10.2 Å². The van der Waals surface area contributed by atoms with E-state index in [-0.39, 0.29) is 71.4 Å². The molecule has 2 aliphatic heterocycles. The average molecular weight is 563 g/mol. The first-order valence-corrected chi connectivity index (χ1v) is 12.7. The molecule has 0 bridgehead atoms. The van der Waals surface area contributed by atoms with Crippen LogP contribution >= 0.6 is 11.6 Å². The number of fused-ring (bicyclic) bond motifs is 1. The second kappa shape index (κ2) is 8.94. The zero-order valence-corrected chi connectivity index (χ0v) is 21.6. The first-order chi connectivity index (χ1) is 18.5. The number of pyridine rings is 1. The van der Waals surface area contributed by atoms with E-state index in [0.29, 0.717) is 0 Å². The number of likely N-dealkylation sites (tertiary alicyclic amines) is 1. The van der Waals surface area contributed by atoms with Crippen molar-refractivity contribution in [2.45, 2.75) is 31.0 Å². The minimum atomic E-state index is -1.52. The van der Waals surface area contributed by atoms with E-state index in [1.807, 2.05) is 0 Å². The Hall–Kier alpha value is -3.67. The molecule has 204 valence electrons. The van der Waals surface area contributed by atoms with Crippen LogP contribution in [0.5, 0.6) is 0 Å². The number of nitrogens with one attached hydrogen (secondary N) is 1. The highest BCUT2D eigenvalue weighted by molar-refractivity contribution is 6.30. The number of aromatic nitrogens is 3. The minimum absolute atomic E-state index is 0.00626. The topological polar surface area (TPSA) is 83.4 Å². The number of anilines is 2. The van der Waals surface area contributed by atoms with Crippen LogP contribution in [0.15, 0.2) is 30.6 Å². The molecule has 0 unspecified atom stereocenters. The molecular formula is C26H23ClF4N6O2. The first kappa shape index (κ1) is 25.6. The van der Waals surface area contributed by atoms with Crippen LogP contribution in [0.25, 0.3) is 0 Å². The van der Waals surface area contributed by atoms with Crippen molar-refractivity contribution in [2.24, 2.45) is 13.0 Å². The summed E-state index contributed by atoms with van der Waals surface area (Å²) >= 11 is 6.07. The smallest absolute Gasteiger partial charge is 0.261 e. The molecule has 2 amide bonds. The molecule has 3 aliphatic rings. The molecule has 1 N–H and O–H groups in total. The van der Waals surface area contributed by atoms with Gasteiger partial charge in [-0.25, -0.2) is 22.5 Å². The second-order valence-electron chi connectivity index (χ2n) is 10.5. The molecule has 6 rings (SSSR count). The zero-order chi connectivity index (χ0) is 27.8. The Bertz CT molecular complexity index is 1530. The van der Waals surface area contributed by atoms with Gasteiger partial charge >= 0.3 is 0 Å². The normalized spacial score (nSPS) is 24.4. The third kappa shape index (κ3) is 4.03. The standard InChI is InChI=1S/C26H23ClF4N6O2/c1-26(15-4-3-5-16(27)20(15)30)11-37(23-18(29)10-35(2)34-23)25(39)14-7-32-22(21(31)19(14)26)33-12-8-36(9-12)24(38)13-6-17(13)28/h3-5,7,10,12-13,17H,6,8-9,11H2,1-2H3,(H,32,33)/t13-,17-,26-/m1/s1. The Morgan fingerprint density at radius 3 is 2.56 bits per heavy atom. The molecule has 1 aliphatic carbocycles. The van der Waals surface area contributed by atoms with Gasteiger partial charge in [0.1, 0.15) is 12.0 Å². The highest BCUT2D eigenvalue weighted by Gasteiger charge is 2.49. The fourth-order valence-electron chi connectivity index (χ4n) is 5.45. The van der Waals surface area contributed by atoms with Gasteiger partial charge in [-0.2, -0.15) is 5.10 Å². The number of amides is 2. The maximum absolute atomic E-state index is 16.2. The number of carbonyl (C=O) groups is 2. The van der Waals surface area contributed by atoms with Crippen molar-refractivity contribution >= 4 is 35.1 Å². The highest BCUT2D eigenvalue weighted by Crippen LogP contribution is 2.45. The Kier molecular flexibility index (Phi) is 5.87. The summed E-state index contributed by atoms with van der Waals surface area (Å²) in [5.41, 5.74) is -1.81. The molecule has 39 heavy (non-hydrogen) atoms. The Morgan fingerprint density at radius 2 is 1.92 bits per heavy atom. The molecule has 1 saturated carbocycles. The lowest BCUT2D eigenvalue weighted by Gasteiger charge is -2.42. The van der Waals surface area contributed by atoms with Crippen LogP contribution in [0, 0.1) is 23.4 Å². The fourth-order valence-corrected chi connectivity index (χ4v) is 5.63. The van der Waals surface area contributed by atoms with Crippen molar-refractivity contribution in [2.75, 3.05) is 29.9 Å². The largest absolute Gasteiger partial charge is 0.361 e. The number of halogens is 5. The van der Waals surface area contributed by atoms with E-state index in [4.69, 9.17) is 11.6 Å². The molecule has 13 heteroatoms. The van der Waals surface area contributed by atoms with E-state index >= 15 is 8.78 Å². The predicted molar refractivity (Wildman–Crippen MR) is 134 cm³/mol. The lowest BCUT2D eigenvalue weighted by molar-refractivity contribution is -0.136. The number of carbonyl (C=O) groups excluding carboxylic acids is 2. The van der Waals surface area contributed by atoms with Crippen molar-refractivity contribution in [3.05, 3.63) is 69.8 Å². The number of hydrogen-bond donors (Lipinski definition) is 1. The zero-order valence-electron chi connectivity index (χ0n) is 20.9. The molecule has 2 fully saturated rings. The van der Waals surface area contributed by atoms with E-state index < -0.39 is 40.9 Å². The minimum Gasteiger partial charge on any atom is -0.361 e. The Labute approximate surface area is 225 Å². The third-order valence-corrected chi connectivity index (χ3v) is 7.94. The van der Waals surface area contributed by atoms with Gasteiger partial charge in [-0.1, -0.05) is 23.7 Å². The Balaban J connectivity index is 1.39. The van der Waals surface area contributed by atoms with Gasteiger partial charge in [0.2, 0.25) is 5.91 Å². The molecule has 3 atom stereocenters. The van der Waals surface area contributed by atoms with E-state index in [1.54, 1.807) is 6.92 Å². The third-order valence-electron chi connectivity index (χ3n) is 7.65. The summed E-state index contributed by atoms with van der Waals surface area (Å²) < 4.78 is 60.8. The van der Waals surface area contributed by atoms with Crippen LogP contribution in [0.4, 0.5) is 29.2 Å². The molecule has 2 aromatic heterocycles. The van der Waals surface area contributed by atoms with Crippen LogP contribution in [-0.4, -0.2) is 63.3 Å². The van der Waals surface area contributed by atoms with Crippen LogP contribution in [-0.2, 0) is 17.3 Å². The van der Waals surface area contributed by atoms with Gasteiger partial charge < -0.3 is 10.2 Å². The SMILES string of the molecule is Cn1cc(F)c(N2C[C@](C)(c3cccc(Cl)c3F)c3c(cnc(NC4CN(C(=O)[C@@H]5C[C@H]5F)C4)c3F)C2=O)n1. The van der Waals surface area contributed by atoms with E-state index in [9.17, 15) is 18.4 Å². The number of alkyl halides is 1. The summed E-state index contributed by atoms with van der Waals surface area (Å²) in [6, 6.07) is 3.94. The van der Waals surface area contributed by atoms with Gasteiger partial charge in [0.15, 0.2) is 23.3 Å². The summed E-state index contributed by atoms with van der Waals surface area (Å²) in [4.78, 5) is 32.4. The molecule has 3 aromatic rings. The van der Waals surface area contributed by atoms with E-state index in [0.717, 1.165) is 17.3 Å². The van der Waals surface area contributed by atoms with Crippen LogP contribution in [0.3, 0.4) is 0 Å². The molecule has 0 spiro atoms. The monoisotopic (exact) mass is 562 g/mol. The molecular weight excluding hydrogens is 540 g/mol. The Morgan fingerprint density at radius 1 is 1.21 bits per heavy atom. The lowest BCUT2D eigenvalue weighted by Crippen LogP contribution is -2.58. The maximum atomic E-state index is 16.2. The number of hydrogen-bond acceptors (Lipinski definition) is 5. The molecule has 0 radical (unpaired) electrons. The summed E-state index contributed by atoms with van der Waals surface area (Å²) in [7, 11) is 1.49. The van der Waals surface area contributed by atoms with Crippen LogP contribution in [0.2, 0.25) is 5.02 Å². The van der Waals surface area contributed by atoms with Gasteiger partial charge in [-0.15, -0.1) is 0 Å². The number of aryl methyl sites for hydroxylation is 1. The van der Waals surface area contributed by atoms with Gasteiger partial charge in [-0.3, -0.25) is 19.2 Å². The summed E-state index contributed by atoms with van der Waals surface area (Å²) in [6.45, 7) is 1.70. The number of rotatable bonds is 5. The molecule has 1 aromatic carbocycles. The molecule has 8 nitrogen and oxygen atoms in total. The van der Waals surface area contributed by atoms with Crippen molar-refractivity contribution in [3.8, 4) is 0 Å². The summed E-state index contributed by atoms with van der Waals surface area (Å²) in [5.74, 6) is -4.52. The van der Waals surface area contributed by atoms with Crippen LogP contribution in [0.1, 0.15) is 34.8 Å². The van der Waals surface area contributed by atoms with E-state index in [1.165, 1.54) is 34.8 Å². The van der Waals surface area contributed by atoms with Crippen molar-refractivity contribution in [1.29, 1.82) is 0 Å².